The van der Waals surface area contributed by atoms with Crippen LogP contribution in [0.4, 0.5) is 10.1 Å². The van der Waals surface area contributed by atoms with Crippen LogP contribution in [0.25, 0.3) is 5.70 Å². The van der Waals surface area contributed by atoms with Crippen LogP contribution in [0.5, 0.6) is 0 Å². The number of hydrogen-bond donors (Lipinski definition) is 1. The molecule has 7 heteroatoms. The summed E-state index contributed by atoms with van der Waals surface area (Å²) in [5, 5.41) is 2.94. The Bertz CT molecular complexity index is 1050. The molecule has 34 heavy (non-hydrogen) atoms. The topological polar surface area (TPSA) is 71.0 Å². The van der Waals surface area contributed by atoms with Crippen molar-refractivity contribution >= 4 is 29.6 Å². The van der Waals surface area contributed by atoms with E-state index in [1.54, 1.807) is 36.4 Å². The zero-order chi connectivity index (χ0) is 24.7. The lowest BCUT2D eigenvalue weighted by Gasteiger charge is -2.36. The van der Waals surface area contributed by atoms with Crippen molar-refractivity contribution in [2.45, 2.75) is 51.5 Å². The van der Waals surface area contributed by atoms with Crippen molar-refractivity contribution in [1.29, 1.82) is 0 Å². The summed E-state index contributed by atoms with van der Waals surface area (Å²) in [6.07, 6.45) is 12.6. The molecule has 0 saturated heterocycles. The molecule has 1 aromatic carbocycles. The summed E-state index contributed by atoms with van der Waals surface area (Å²) in [6, 6.07) is 3.86. The van der Waals surface area contributed by atoms with E-state index in [1.807, 2.05) is 0 Å². The number of hydrogen-bond acceptors (Lipinski definition) is 5. The lowest BCUT2D eigenvalue weighted by atomic mass is 9.84. The molecule has 1 N–H and O–H groups in total. The molecular formula is C27H32FN3O3. The number of rotatable bonds is 8. The highest BCUT2D eigenvalue weighted by Gasteiger charge is 2.32. The second-order valence-corrected chi connectivity index (χ2v) is 8.67. The number of nitrogens with one attached hydrogen (secondary N) is 1. The van der Waals surface area contributed by atoms with Crippen LogP contribution in [0.3, 0.4) is 0 Å². The van der Waals surface area contributed by atoms with Gasteiger partial charge in [0.1, 0.15) is 11.9 Å². The van der Waals surface area contributed by atoms with Gasteiger partial charge in [-0.25, -0.2) is 14.2 Å². The molecule has 2 aliphatic rings. The van der Waals surface area contributed by atoms with E-state index in [-0.39, 0.29) is 17.3 Å². The number of halogens is 1. The molecule has 1 aliphatic heterocycles. The Morgan fingerprint density at radius 2 is 2.03 bits per heavy atom. The second kappa shape index (κ2) is 11.6. The van der Waals surface area contributed by atoms with Gasteiger partial charge in [-0.2, -0.15) is 0 Å². The van der Waals surface area contributed by atoms with Gasteiger partial charge in [-0.05, 0) is 43.5 Å². The minimum atomic E-state index is -0.524. The Morgan fingerprint density at radius 1 is 1.29 bits per heavy atom. The first kappa shape index (κ1) is 25.1. The molecule has 1 heterocycles. The molecule has 0 spiro atoms. The number of amides is 1. The van der Waals surface area contributed by atoms with Gasteiger partial charge in [0.2, 0.25) is 5.91 Å². The fourth-order valence-corrected chi connectivity index (χ4v) is 4.41. The SMILES string of the molecule is C=C/C(=C\C=C(/C)NC(=O)C(CC1CCCCC1)N1C=Nc2cc(F)ccc2C1=C)C(=O)OC. The first-order chi connectivity index (χ1) is 16.3. The summed E-state index contributed by atoms with van der Waals surface area (Å²) in [7, 11) is 1.30. The molecule has 1 atom stereocenters. The van der Waals surface area contributed by atoms with Crippen molar-refractivity contribution in [1.82, 2.24) is 10.2 Å². The van der Waals surface area contributed by atoms with Gasteiger partial charge in [-0.1, -0.05) is 51.3 Å². The van der Waals surface area contributed by atoms with Gasteiger partial charge >= 0.3 is 5.97 Å². The Morgan fingerprint density at radius 3 is 2.71 bits per heavy atom. The Hall–Kier alpha value is -3.48. The number of ether oxygens (including phenoxy) is 1. The molecule has 0 aromatic heterocycles. The smallest absolute Gasteiger partial charge is 0.337 e. The number of allylic oxidation sites excluding steroid dienone is 3. The number of benzene rings is 1. The third kappa shape index (κ3) is 6.10. The molecule has 1 aliphatic carbocycles. The lowest BCUT2D eigenvalue weighted by molar-refractivity contribution is -0.135. The van der Waals surface area contributed by atoms with E-state index in [0.717, 1.165) is 25.7 Å². The van der Waals surface area contributed by atoms with Crippen molar-refractivity contribution in [3.63, 3.8) is 0 Å². The fourth-order valence-electron chi connectivity index (χ4n) is 4.41. The molecule has 1 aromatic rings. The molecule has 6 nitrogen and oxygen atoms in total. The molecule has 180 valence electrons. The largest absolute Gasteiger partial charge is 0.465 e. The summed E-state index contributed by atoms with van der Waals surface area (Å²) < 4.78 is 18.4. The summed E-state index contributed by atoms with van der Waals surface area (Å²) in [5.74, 6) is -0.634. The molecular weight excluding hydrogens is 433 g/mol. The van der Waals surface area contributed by atoms with E-state index in [9.17, 15) is 14.0 Å². The maximum atomic E-state index is 13.7. The molecule has 1 fully saturated rings. The highest BCUT2D eigenvalue weighted by molar-refractivity contribution is 5.94. The van der Waals surface area contributed by atoms with Crippen molar-refractivity contribution in [2.75, 3.05) is 7.11 Å². The van der Waals surface area contributed by atoms with Gasteiger partial charge < -0.3 is 15.0 Å². The zero-order valence-corrected chi connectivity index (χ0v) is 19.9. The maximum absolute atomic E-state index is 13.7. The summed E-state index contributed by atoms with van der Waals surface area (Å²) in [4.78, 5) is 31.4. The number of nitrogens with zero attached hydrogens (tertiary/aromatic N) is 2. The van der Waals surface area contributed by atoms with Gasteiger partial charge in [0.05, 0.1) is 24.7 Å². The van der Waals surface area contributed by atoms with Crippen LogP contribution in [0.1, 0.15) is 51.0 Å². The van der Waals surface area contributed by atoms with Crippen LogP contribution in [0.15, 0.2) is 65.8 Å². The van der Waals surface area contributed by atoms with Crippen LogP contribution >= 0.6 is 0 Å². The zero-order valence-electron chi connectivity index (χ0n) is 19.9. The molecule has 1 amide bonds. The highest BCUT2D eigenvalue weighted by atomic mass is 19.1. The standard InChI is InChI=1S/C27H32FN3O3/c1-5-21(27(33)34-4)12-11-18(2)30-26(32)25(15-20-9-7-6-8-10-20)31-17-29-24-16-22(28)13-14-23(24)19(31)3/h5,11-14,16-17,20,25H,1,3,6-10,15H2,2,4H3,(H,30,32)/b18-11+,21-12+. The molecule has 0 bridgehead atoms. The van der Waals surface area contributed by atoms with E-state index < -0.39 is 12.0 Å². The third-order valence-electron chi connectivity index (χ3n) is 6.30. The van der Waals surface area contributed by atoms with Gasteiger partial charge in [-0.3, -0.25) is 4.79 Å². The normalized spacial score (nSPS) is 17.7. The number of fused-ring (bicyclic) bond motifs is 1. The Balaban J connectivity index is 1.83. The summed E-state index contributed by atoms with van der Waals surface area (Å²) in [5.41, 5.74) is 2.68. The summed E-state index contributed by atoms with van der Waals surface area (Å²) >= 11 is 0. The minimum Gasteiger partial charge on any atom is -0.465 e. The van der Waals surface area contributed by atoms with Crippen molar-refractivity contribution < 1.29 is 18.7 Å². The predicted molar refractivity (Wildman–Crippen MR) is 133 cm³/mol. The van der Waals surface area contributed by atoms with Gasteiger partial charge in [0, 0.05) is 23.0 Å². The Labute approximate surface area is 200 Å². The average Bonchev–Trinajstić information content (AvgIpc) is 2.83. The quantitative estimate of drug-likeness (QED) is 0.316. The van der Waals surface area contributed by atoms with Gasteiger partial charge in [0.25, 0.3) is 0 Å². The van der Waals surface area contributed by atoms with Gasteiger partial charge in [-0.15, -0.1) is 0 Å². The molecule has 1 saturated carbocycles. The number of aliphatic imine (C=N–C) groups is 1. The molecule has 1 unspecified atom stereocenters. The molecule has 0 radical (unpaired) electrons. The highest BCUT2D eigenvalue weighted by Crippen LogP contribution is 2.35. The van der Waals surface area contributed by atoms with E-state index in [4.69, 9.17) is 4.74 Å². The fraction of sp³-hybridized carbons (Fsp3) is 0.370. The van der Waals surface area contributed by atoms with Crippen LogP contribution < -0.4 is 5.32 Å². The van der Waals surface area contributed by atoms with Crippen LogP contribution in [0, 0.1) is 11.7 Å². The average molecular weight is 466 g/mol. The van der Waals surface area contributed by atoms with Crippen molar-refractivity contribution in [3.8, 4) is 0 Å². The van der Waals surface area contributed by atoms with E-state index in [2.05, 4.69) is 23.5 Å². The predicted octanol–water partition coefficient (Wildman–Crippen LogP) is 5.42. The van der Waals surface area contributed by atoms with Crippen LogP contribution in [0.2, 0.25) is 0 Å². The number of methoxy groups -OCH3 is 1. The monoisotopic (exact) mass is 465 g/mol. The first-order valence-electron chi connectivity index (χ1n) is 11.6. The number of esters is 1. The Kier molecular flexibility index (Phi) is 8.57. The lowest BCUT2D eigenvalue weighted by Crippen LogP contribution is -2.46. The third-order valence-corrected chi connectivity index (χ3v) is 6.30. The van der Waals surface area contributed by atoms with Crippen LogP contribution in [-0.4, -0.2) is 36.3 Å². The number of carbonyl (C=O) groups is 2. The maximum Gasteiger partial charge on any atom is 0.337 e. The van der Waals surface area contributed by atoms with Crippen LogP contribution in [-0.2, 0) is 14.3 Å². The first-order valence-corrected chi connectivity index (χ1v) is 11.6. The van der Waals surface area contributed by atoms with Crippen molar-refractivity contribution in [3.05, 3.63) is 72.2 Å². The minimum absolute atomic E-state index is 0.191. The van der Waals surface area contributed by atoms with E-state index in [0.29, 0.717) is 35.0 Å². The number of carbonyl (C=O) groups excluding carboxylic acids is 2. The van der Waals surface area contributed by atoms with Gasteiger partial charge in [0.15, 0.2) is 0 Å². The van der Waals surface area contributed by atoms with Crippen molar-refractivity contribution in [2.24, 2.45) is 10.9 Å². The second-order valence-electron chi connectivity index (χ2n) is 8.67. The van der Waals surface area contributed by atoms with E-state index >= 15 is 0 Å². The van der Waals surface area contributed by atoms with E-state index in [1.165, 1.54) is 31.7 Å². The summed E-state index contributed by atoms with van der Waals surface area (Å²) in [6.45, 7) is 9.55. The molecule has 3 rings (SSSR count).